The van der Waals surface area contributed by atoms with Crippen LogP contribution in [-0.2, 0) is 19.1 Å². The molecule has 1 aromatic carbocycles. The highest BCUT2D eigenvalue weighted by Crippen LogP contribution is 2.36. The lowest BCUT2D eigenvalue weighted by molar-refractivity contribution is -0.152. The smallest absolute Gasteiger partial charge is 0.311 e. The number of amides is 2. The maximum Gasteiger partial charge on any atom is 0.311 e. The van der Waals surface area contributed by atoms with Gasteiger partial charge in [-0.2, -0.15) is 5.26 Å². The summed E-state index contributed by atoms with van der Waals surface area (Å²) in [6.45, 7) is 4.82. The first-order chi connectivity index (χ1) is 14.1. The molecule has 2 rings (SSSR count). The molecule has 0 bridgehead atoms. The third-order valence-corrected chi connectivity index (χ3v) is 5.27. The Bertz CT molecular complexity index is 863. The molecular weight excluding hydrogens is 390 g/mol. The van der Waals surface area contributed by atoms with Crippen LogP contribution in [0.1, 0.15) is 27.2 Å². The first-order valence-electron chi connectivity index (χ1n) is 9.56. The molecule has 162 valence electrons. The van der Waals surface area contributed by atoms with Crippen molar-refractivity contribution >= 4 is 23.5 Å². The zero-order chi connectivity index (χ0) is 22.5. The number of benzene rings is 1. The lowest BCUT2D eigenvalue weighted by Gasteiger charge is -2.27. The maximum absolute atomic E-state index is 12.5. The summed E-state index contributed by atoms with van der Waals surface area (Å²) in [5, 5.41) is 11.8. The van der Waals surface area contributed by atoms with Crippen LogP contribution in [-0.4, -0.2) is 50.7 Å². The summed E-state index contributed by atoms with van der Waals surface area (Å²) in [5.41, 5.74) is -0.535. The van der Waals surface area contributed by atoms with E-state index in [2.05, 4.69) is 11.4 Å². The van der Waals surface area contributed by atoms with Gasteiger partial charge in [0.15, 0.2) is 6.61 Å². The second-order valence-corrected chi connectivity index (χ2v) is 7.57. The molecule has 9 nitrogen and oxygen atoms in total. The van der Waals surface area contributed by atoms with E-state index in [4.69, 9.17) is 14.2 Å². The second kappa shape index (κ2) is 9.48. The molecule has 1 saturated heterocycles. The number of ether oxygens (including phenoxy) is 3. The van der Waals surface area contributed by atoms with Gasteiger partial charge in [-0.3, -0.25) is 14.4 Å². The molecule has 1 N–H and O–H groups in total. The number of esters is 1. The Morgan fingerprint density at radius 3 is 2.60 bits per heavy atom. The largest absolute Gasteiger partial charge is 0.497 e. The number of nitrogens with one attached hydrogen (secondary N) is 1. The highest BCUT2D eigenvalue weighted by atomic mass is 16.5. The van der Waals surface area contributed by atoms with Gasteiger partial charge in [0, 0.05) is 19.0 Å². The number of nitrogens with zero attached hydrogens (tertiary/aromatic N) is 2. The Kier molecular flexibility index (Phi) is 7.27. The summed E-state index contributed by atoms with van der Waals surface area (Å²) in [6, 6.07) is 7.09. The zero-order valence-electron chi connectivity index (χ0n) is 17.9. The number of rotatable bonds is 8. The van der Waals surface area contributed by atoms with Gasteiger partial charge >= 0.3 is 5.97 Å². The van der Waals surface area contributed by atoms with Gasteiger partial charge in [0.25, 0.3) is 5.91 Å². The Balaban J connectivity index is 1.99. The van der Waals surface area contributed by atoms with E-state index >= 15 is 0 Å². The molecule has 9 heteroatoms. The van der Waals surface area contributed by atoms with Crippen molar-refractivity contribution in [2.75, 3.05) is 32.3 Å². The van der Waals surface area contributed by atoms with E-state index in [0.29, 0.717) is 17.2 Å². The number of carbonyl (C=O) groups excluding carboxylic acids is 3. The maximum atomic E-state index is 12.5. The van der Waals surface area contributed by atoms with Crippen LogP contribution in [0.15, 0.2) is 18.2 Å². The molecule has 1 aromatic rings. The second-order valence-electron chi connectivity index (χ2n) is 7.57. The number of methoxy groups -OCH3 is 2. The van der Waals surface area contributed by atoms with Crippen LogP contribution in [0.4, 0.5) is 5.69 Å². The molecule has 0 saturated carbocycles. The lowest BCUT2D eigenvalue weighted by atomic mass is 9.90. The summed E-state index contributed by atoms with van der Waals surface area (Å²) in [4.78, 5) is 38.4. The van der Waals surface area contributed by atoms with Crippen molar-refractivity contribution in [1.29, 1.82) is 5.26 Å². The quantitative estimate of drug-likeness (QED) is 0.639. The Labute approximate surface area is 175 Å². The van der Waals surface area contributed by atoms with E-state index in [1.165, 1.54) is 19.1 Å². The Morgan fingerprint density at radius 1 is 1.33 bits per heavy atom. The molecule has 1 aliphatic heterocycles. The number of nitriles is 1. The molecular formula is C21H27N3O6. The molecule has 0 spiro atoms. The Morgan fingerprint density at radius 2 is 2.03 bits per heavy atom. The first kappa shape index (κ1) is 23.0. The standard InChI is InChI=1S/C21H27N3O6/c1-13(2)21(3,12-22)23-18(25)11-30-20(27)14-8-19(26)24(10-14)16-7-6-15(28-4)9-17(16)29-5/h6-7,9,13-14H,8,10-11H2,1-5H3,(H,23,25)/t14-,21+/m0/s1. The van der Waals surface area contributed by atoms with Crippen molar-refractivity contribution in [1.82, 2.24) is 5.32 Å². The predicted octanol–water partition coefficient (Wildman–Crippen LogP) is 1.65. The van der Waals surface area contributed by atoms with Crippen LogP contribution in [0.5, 0.6) is 11.5 Å². The van der Waals surface area contributed by atoms with Crippen molar-refractivity contribution in [3.63, 3.8) is 0 Å². The SMILES string of the molecule is COc1ccc(N2C[C@@H](C(=O)OCC(=O)N[C@](C)(C#N)C(C)C)CC2=O)c(OC)c1. The highest BCUT2D eigenvalue weighted by molar-refractivity contribution is 6.00. The summed E-state index contributed by atoms with van der Waals surface area (Å²) in [6.07, 6.45) is -0.0302. The van der Waals surface area contributed by atoms with Crippen molar-refractivity contribution in [2.24, 2.45) is 11.8 Å². The molecule has 2 amide bonds. The van der Waals surface area contributed by atoms with Crippen LogP contribution >= 0.6 is 0 Å². The van der Waals surface area contributed by atoms with Gasteiger partial charge in [0.1, 0.15) is 17.0 Å². The van der Waals surface area contributed by atoms with Gasteiger partial charge in [0.05, 0.1) is 31.9 Å². The molecule has 2 atom stereocenters. The highest BCUT2D eigenvalue weighted by Gasteiger charge is 2.38. The topological polar surface area (TPSA) is 118 Å². The number of hydrogen-bond acceptors (Lipinski definition) is 7. The van der Waals surface area contributed by atoms with Gasteiger partial charge in [-0.1, -0.05) is 13.8 Å². The van der Waals surface area contributed by atoms with Crippen LogP contribution in [0, 0.1) is 23.2 Å². The fraction of sp³-hybridized carbons (Fsp3) is 0.524. The van der Waals surface area contributed by atoms with Crippen LogP contribution in [0.3, 0.4) is 0 Å². The van der Waals surface area contributed by atoms with Crippen LogP contribution in [0.2, 0.25) is 0 Å². The third kappa shape index (κ3) is 5.00. The number of hydrogen-bond donors (Lipinski definition) is 1. The predicted molar refractivity (Wildman–Crippen MR) is 108 cm³/mol. The van der Waals surface area contributed by atoms with Gasteiger partial charge in [-0.15, -0.1) is 0 Å². The molecule has 0 unspecified atom stereocenters. The van der Waals surface area contributed by atoms with Crippen molar-refractivity contribution < 1.29 is 28.6 Å². The number of anilines is 1. The fourth-order valence-electron chi connectivity index (χ4n) is 2.99. The minimum absolute atomic E-state index is 0.0302. The summed E-state index contributed by atoms with van der Waals surface area (Å²) in [5.74, 6) is -1.26. The fourth-order valence-corrected chi connectivity index (χ4v) is 2.99. The molecule has 1 fully saturated rings. The summed E-state index contributed by atoms with van der Waals surface area (Å²) >= 11 is 0. The van der Waals surface area contributed by atoms with E-state index in [9.17, 15) is 19.6 Å². The van der Waals surface area contributed by atoms with E-state index in [-0.39, 0.29) is 24.8 Å². The minimum Gasteiger partial charge on any atom is -0.497 e. The van der Waals surface area contributed by atoms with Gasteiger partial charge in [-0.25, -0.2) is 0 Å². The van der Waals surface area contributed by atoms with E-state index in [0.717, 1.165) is 0 Å². The Hall–Kier alpha value is -3.28. The molecule has 30 heavy (non-hydrogen) atoms. The normalized spacial score (nSPS) is 17.8. The average molecular weight is 417 g/mol. The molecule has 1 heterocycles. The van der Waals surface area contributed by atoms with E-state index < -0.39 is 29.9 Å². The third-order valence-electron chi connectivity index (χ3n) is 5.27. The molecule has 1 aliphatic rings. The average Bonchev–Trinajstić information content (AvgIpc) is 3.12. The van der Waals surface area contributed by atoms with Crippen molar-refractivity contribution in [3.05, 3.63) is 18.2 Å². The number of carbonyl (C=O) groups is 3. The van der Waals surface area contributed by atoms with Gasteiger partial charge in [-0.05, 0) is 25.0 Å². The summed E-state index contributed by atoms with van der Waals surface area (Å²) < 4.78 is 15.6. The molecule has 0 aromatic heterocycles. The lowest BCUT2D eigenvalue weighted by Crippen LogP contribution is -2.50. The van der Waals surface area contributed by atoms with Crippen molar-refractivity contribution in [2.45, 2.75) is 32.7 Å². The van der Waals surface area contributed by atoms with Crippen LogP contribution in [0.25, 0.3) is 0 Å². The van der Waals surface area contributed by atoms with Gasteiger partial charge in [0.2, 0.25) is 5.91 Å². The first-order valence-corrected chi connectivity index (χ1v) is 9.56. The molecule has 0 radical (unpaired) electrons. The van der Waals surface area contributed by atoms with Crippen molar-refractivity contribution in [3.8, 4) is 17.6 Å². The molecule has 0 aliphatic carbocycles. The van der Waals surface area contributed by atoms with E-state index in [1.54, 1.807) is 25.1 Å². The summed E-state index contributed by atoms with van der Waals surface area (Å²) in [7, 11) is 3.01. The zero-order valence-corrected chi connectivity index (χ0v) is 17.9. The van der Waals surface area contributed by atoms with Gasteiger partial charge < -0.3 is 24.4 Å². The van der Waals surface area contributed by atoms with E-state index in [1.807, 2.05) is 13.8 Å². The minimum atomic E-state index is -1.06. The van der Waals surface area contributed by atoms with Crippen LogP contribution < -0.4 is 19.7 Å². The monoisotopic (exact) mass is 417 g/mol.